The third kappa shape index (κ3) is 4.17. The Morgan fingerprint density at radius 3 is 2.09 bits per heavy atom. The first-order valence-corrected chi connectivity index (χ1v) is 10.8. The highest BCUT2D eigenvalue weighted by molar-refractivity contribution is 6.00. The average molecular weight is 426 g/mol. The fraction of sp³-hybridized carbons (Fsp3) is 0.179. The Balaban J connectivity index is 2.01. The van der Waals surface area contributed by atoms with Gasteiger partial charge in [-0.05, 0) is 49.2 Å². The molecular formula is C28H27NO3. The second-order valence-electron chi connectivity index (χ2n) is 7.56. The molecule has 0 atom stereocenters. The molecule has 1 heterocycles. The summed E-state index contributed by atoms with van der Waals surface area (Å²) in [7, 11) is 1.66. The Kier molecular flexibility index (Phi) is 6.41. The summed E-state index contributed by atoms with van der Waals surface area (Å²) in [6, 6.07) is 28.3. The van der Waals surface area contributed by atoms with Gasteiger partial charge in [0.15, 0.2) is 0 Å². The zero-order valence-corrected chi connectivity index (χ0v) is 18.7. The predicted octanol–water partition coefficient (Wildman–Crippen LogP) is 6.23. The Hall–Kier alpha value is -3.79. The second kappa shape index (κ2) is 9.56. The normalized spacial score (nSPS) is 10.7. The summed E-state index contributed by atoms with van der Waals surface area (Å²) in [5.74, 6) is 0.488. The molecule has 0 bridgehead atoms. The maximum Gasteiger partial charge on any atom is 0.340 e. The van der Waals surface area contributed by atoms with Crippen molar-refractivity contribution < 1.29 is 14.3 Å². The second-order valence-corrected chi connectivity index (χ2v) is 7.56. The lowest BCUT2D eigenvalue weighted by Gasteiger charge is -2.14. The van der Waals surface area contributed by atoms with Gasteiger partial charge in [0.05, 0.1) is 19.3 Å². The quantitative estimate of drug-likeness (QED) is 0.330. The van der Waals surface area contributed by atoms with Crippen LogP contribution < -0.4 is 4.74 Å². The van der Waals surface area contributed by atoms with Crippen molar-refractivity contribution in [2.24, 2.45) is 0 Å². The molecule has 162 valence electrons. The number of rotatable bonds is 7. The number of hydrogen-bond acceptors (Lipinski definition) is 3. The molecule has 0 radical (unpaired) electrons. The molecule has 0 aliphatic carbocycles. The highest BCUT2D eigenvalue weighted by atomic mass is 16.5. The summed E-state index contributed by atoms with van der Waals surface area (Å²) in [6.07, 6.45) is 0.678. The molecule has 0 fully saturated rings. The van der Waals surface area contributed by atoms with E-state index in [1.54, 1.807) is 7.11 Å². The molecule has 0 amide bonds. The molecule has 4 rings (SSSR count). The third-order valence-corrected chi connectivity index (χ3v) is 5.59. The first-order valence-electron chi connectivity index (χ1n) is 10.8. The van der Waals surface area contributed by atoms with E-state index < -0.39 is 0 Å². The first kappa shape index (κ1) is 21.4. The average Bonchev–Trinajstić information content (AvgIpc) is 3.12. The van der Waals surface area contributed by atoms with Crippen molar-refractivity contribution in [2.75, 3.05) is 13.7 Å². The molecule has 0 saturated heterocycles. The van der Waals surface area contributed by atoms with E-state index in [4.69, 9.17) is 9.47 Å². The van der Waals surface area contributed by atoms with Crippen LogP contribution in [0.5, 0.6) is 5.75 Å². The molecule has 0 spiro atoms. The number of benzene rings is 3. The third-order valence-electron chi connectivity index (χ3n) is 5.59. The monoisotopic (exact) mass is 425 g/mol. The smallest absolute Gasteiger partial charge is 0.340 e. The molecule has 0 N–H and O–H groups in total. The van der Waals surface area contributed by atoms with E-state index >= 15 is 0 Å². The zero-order valence-electron chi connectivity index (χ0n) is 18.7. The van der Waals surface area contributed by atoms with E-state index in [0.717, 1.165) is 34.0 Å². The van der Waals surface area contributed by atoms with Gasteiger partial charge in [0, 0.05) is 29.1 Å². The van der Waals surface area contributed by atoms with E-state index in [1.807, 2.05) is 86.6 Å². The molecule has 0 unspecified atom stereocenters. The number of ether oxygens (including phenoxy) is 2. The maximum absolute atomic E-state index is 13.2. The molecule has 4 aromatic rings. The van der Waals surface area contributed by atoms with Crippen LogP contribution in [0.3, 0.4) is 0 Å². The number of methoxy groups -OCH3 is 1. The highest BCUT2D eigenvalue weighted by Gasteiger charge is 2.27. The maximum atomic E-state index is 13.2. The van der Waals surface area contributed by atoms with Crippen molar-refractivity contribution in [1.29, 1.82) is 0 Å². The Morgan fingerprint density at radius 2 is 1.50 bits per heavy atom. The van der Waals surface area contributed by atoms with Crippen LogP contribution in [0.15, 0.2) is 84.9 Å². The molecule has 0 aliphatic heterocycles. The van der Waals surface area contributed by atoms with Gasteiger partial charge in [0.2, 0.25) is 0 Å². The highest BCUT2D eigenvalue weighted by Crippen LogP contribution is 2.37. The number of aromatic nitrogens is 1. The lowest BCUT2D eigenvalue weighted by atomic mass is 9.97. The van der Waals surface area contributed by atoms with E-state index in [9.17, 15) is 4.79 Å². The summed E-state index contributed by atoms with van der Waals surface area (Å²) >= 11 is 0. The Morgan fingerprint density at radius 1 is 0.875 bits per heavy atom. The molecule has 1 aromatic heterocycles. The van der Waals surface area contributed by atoms with Gasteiger partial charge >= 0.3 is 5.97 Å². The van der Waals surface area contributed by atoms with E-state index in [0.29, 0.717) is 18.6 Å². The van der Waals surface area contributed by atoms with Gasteiger partial charge in [0.25, 0.3) is 0 Å². The molecule has 0 aliphatic rings. The summed E-state index contributed by atoms with van der Waals surface area (Å²) < 4.78 is 13.0. The fourth-order valence-corrected chi connectivity index (χ4v) is 4.16. The minimum Gasteiger partial charge on any atom is -0.497 e. The molecule has 3 aromatic carbocycles. The summed E-state index contributed by atoms with van der Waals surface area (Å²) in [4.78, 5) is 13.2. The summed E-state index contributed by atoms with van der Waals surface area (Å²) in [6.45, 7) is 4.15. The molecular weight excluding hydrogens is 398 g/mol. The van der Waals surface area contributed by atoms with Crippen LogP contribution in [-0.2, 0) is 11.2 Å². The van der Waals surface area contributed by atoms with Gasteiger partial charge in [-0.25, -0.2) is 4.79 Å². The first-order chi connectivity index (χ1) is 15.6. The zero-order chi connectivity index (χ0) is 22.5. The van der Waals surface area contributed by atoms with Crippen molar-refractivity contribution in [1.82, 2.24) is 4.57 Å². The SMILES string of the molecule is CCOC(=O)c1c(-c2ccccc2)c(Cc2ccccc2)n(-c2ccc(OC)cc2)c1C. The number of nitrogens with zero attached hydrogens (tertiary/aromatic N) is 1. The lowest BCUT2D eigenvalue weighted by Crippen LogP contribution is -2.07. The van der Waals surface area contributed by atoms with Crippen LogP contribution in [-0.4, -0.2) is 24.3 Å². The van der Waals surface area contributed by atoms with Gasteiger partial charge in [-0.15, -0.1) is 0 Å². The summed E-state index contributed by atoms with van der Waals surface area (Å²) in [5.41, 5.74) is 6.58. The van der Waals surface area contributed by atoms with E-state index in [-0.39, 0.29) is 5.97 Å². The van der Waals surface area contributed by atoms with Gasteiger partial charge in [-0.2, -0.15) is 0 Å². The minimum absolute atomic E-state index is 0.301. The standard InChI is InChI=1S/C28H27NO3/c1-4-32-28(30)26-20(2)29(23-15-17-24(31-3)18-16-23)25(19-21-11-7-5-8-12-21)27(26)22-13-9-6-10-14-22/h5-18H,4,19H2,1-3H3. The predicted molar refractivity (Wildman–Crippen MR) is 128 cm³/mol. The molecule has 0 saturated carbocycles. The van der Waals surface area contributed by atoms with Gasteiger partial charge in [0.1, 0.15) is 5.75 Å². The number of carbonyl (C=O) groups is 1. The van der Waals surface area contributed by atoms with Crippen LogP contribution in [0.4, 0.5) is 0 Å². The molecule has 4 nitrogen and oxygen atoms in total. The topological polar surface area (TPSA) is 40.5 Å². The van der Waals surface area contributed by atoms with Crippen LogP contribution in [0.25, 0.3) is 16.8 Å². The van der Waals surface area contributed by atoms with Gasteiger partial charge in [-0.3, -0.25) is 0 Å². The van der Waals surface area contributed by atoms with E-state index in [1.165, 1.54) is 5.56 Å². The van der Waals surface area contributed by atoms with Crippen molar-refractivity contribution in [2.45, 2.75) is 20.3 Å². The van der Waals surface area contributed by atoms with Crippen molar-refractivity contribution in [3.05, 3.63) is 107 Å². The molecule has 32 heavy (non-hydrogen) atoms. The Bertz CT molecular complexity index is 1190. The van der Waals surface area contributed by atoms with Crippen LogP contribution in [0.2, 0.25) is 0 Å². The number of hydrogen-bond donors (Lipinski definition) is 0. The minimum atomic E-state index is -0.301. The van der Waals surface area contributed by atoms with Crippen LogP contribution >= 0.6 is 0 Å². The number of carbonyl (C=O) groups excluding carboxylic acids is 1. The van der Waals surface area contributed by atoms with Crippen molar-refractivity contribution in [3.63, 3.8) is 0 Å². The largest absolute Gasteiger partial charge is 0.497 e. The van der Waals surface area contributed by atoms with Gasteiger partial charge < -0.3 is 14.0 Å². The Labute approximate surface area is 189 Å². The van der Waals surface area contributed by atoms with Crippen LogP contribution in [0.1, 0.15) is 34.2 Å². The van der Waals surface area contributed by atoms with E-state index in [2.05, 4.69) is 16.7 Å². The fourth-order valence-electron chi connectivity index (χ4n) is 4.16. The van der Waals surface area contributed by atoms with Crippen molar-refractivity contribution >= 4 is 5.97 Å². The number of esters is 1. The van der Waals surface area contributed by atoms with Crippen LogP contribution in [0, 0.1) is 6.92 Å². The molecule has 4 heteroatoms. The lowest BCUT2D eigenvalue weighted by molar-refractivity contribution is 0.0526. The van der Waals surface area contributed by atoms with Crippen molar-refractivity contribution in [3.8, 4) is 22.6 Å². The summed E-state index contributed by atoms with van der Waals surface area (Å²) in [5, 5.41) is 0. The van der Waals surface area contributed by atoms with Gasteiger partial charge in [-0.1, -0.05) is 60.7 Å².